The van der Waals surface area contributed by atoms with Crippen molar-refractivity contribution in [3.8, 4) is 0 Å². The molecule has 1 unspecified atom stereocenters. The summed E-state index contributed by atoms with van der Waals surface area (Å²) in [5, 5.41) is 2.68. The van der Waals surface area contributed by atoms with E-state index in [0.717, 1.165) is 18.7 Å². The lowest BCUT2D eigenvalue weighted by Gasteiger charge is -2.20. The molecule has 1 aliphatic carbocycles. The summed E-state index contributed by atoms with van der Waals surface area (Å²) in [6, 6.07) is 8.17. The van der Waals surface area contributed by atoms with E-state index >= 15 is 0 Å². The third-order valence-corrected chi connectivity index (χ3v) is 4.12. The lowest BCUT2D eigenvalue weighted by Crippen LogP contribution is -2.26. The fourth-order valence-corrected chi connectivity index (χ4v) is 2.67. The van der Waals surface area contributed by atoms with Gasteiger partial charge in [0, 0.05) is 24.4 Å². The van der Waals surface area contributed by atoms with Crippen molar-refractivity contribution in [2.24, 2.45) is 0 Å². The number of hydrogen-bond donors (Lipinski definition) is 1. The van der Waals surface area contributed by atoms with E-state index in [2.05, 4.69) is 36.2 Å². The number of allylic oxidation sites excluding steroid dienone is 3. The minimum atomic E-state index is -0.0244. The molecule has 1 aromatic carbocycles. The fraction of sp³-hybridized carbons (Fsp3) is 0.300. The molecule has 0 saturated heterocycles. The van der Waals surface area contributed by atoms with Crippen LogP contribution in [0.1, 0.15) is 25.8 Å². The van der Waals surface area contributed by atoms with E-state index in [9.17, 15) is 9.59 Å². The molecule has 4 heteroatoms. The second kappa shape index (κ2) is 8.87. The number of benzene rings is 1. The van der Waals surface area contributed by atoms with Gasteiger partial charge in [0.25, 0.3) is 0 Å². The summed E-state index contributed by atoms with van der Waals surface area (Å²) in [5.74, 6) is -0.0244. The highest BCUT2D eigenvalue weighted by Crippen LogP contribution is 2.17. The largest absolute Gasteiger partial charge is 0.372 e. The first-order chi connectivity index (χ1) is 11.7. The number of ketones is 1. The van der Waals surface area contributed by atoms with E-state index < -0.39 is 0 Å². The maximum absolute atomic E-state index is 12.2. The van der Waals surface area contributed by atoms with Gasteiger partial charge < -0.3 is 10.2 Å². The van der Waals surface area contributed by atoms with Crippen molar-refractivity contribution >= 4 is 24.0 Å². The summed E-state index contributed by atoms with van der Waals surface area (Å²) in [6.07, 6.45) is 10.2. The third-order valence-electron chi connectivity index (χ3n) is 4.12. The van der Waals surface area contributed by atoms with E-state index in [1.165, 1.54) is 5.69 Å². The molecule has 0 spiro atoms. The molecule has 126 valence electrons. The van der Waals surface area contributed by atoms with Crippen molar-refractivity contribution in [1.29, 1.82) is 0 Å². The predicted octanol–water partition coefficient (Wildman–Crippen LogP) is 3.12. The second-order valence-corrected chi connectivity index (χ2v) is 5.61. The molecule has 4 nitrogen and oxygen atoms in total. The summed E-state index contributed by atoms with van der Waals surface area (Å²) in [5.41, 5.74) is 2.85. The van der Waals surface area contributed by atoms with Gasteiger partial charge in [-0.1, -0.05) is 36.4 Å². The number of carbonyl (C=O) groups is 2. The van der Waals surface area contributed by atoms with Crippen molar-refractivity contribution in [3.63, 3.8) is 0 Å². The van der Waals surface area contributed by atoms with Crippen LogP contribution in [0.2, 0.25) is 0 Å². The van der Waals surface area contributed by atoms with Gasteiger partial charge in [-0.3, -0.25) is 9.59 Å². The van der Waals surface area contributed by atoms with Crippen molar-refractivity contribution in [3.05, 3.63) is 59.7 Å². The highest BCUT2D eigenvalue weighted by Gasteiger charge is 2.10. The molecule has 0 fully saturated rings. The Morgan fingerprint density at radius 2 is 1.96 bits per heavy atom. The lowest BCUT2D eigenvalue weighted by molar-refractivity contribution is -0.111. The van der Waals surface area contributed by atoms with Gasteiger partial charge in [-0.25, -0.2) is 0 Å². The highest BCUT2D eigenvalue weighted by molar-refractivity contribution is 6.08. The maximum Gasteiger partial charge on any atom is 0.207 e. The van der Waals surface area contributed by atoms with Crippen LogP contribution in [0, 0.1) is 0 Å². The number of nitrogens with one attached hydrogen (secondary N) is 1. The molecule has 1 aliphatic rings. The standard InChI is InChI=1S/C20H24N2O2/c1-3-22(4-2)19-12-5-16(6-13-19)7-14-20(24)17-8-10-18(11-9-17)21-15-23/h5-10,12-15,18H,3-4,11H2,1-2H3,(H,21,23). The van der Waals surface area contributed by atoms with E-state index in [-0.39, 0.29) is 11.8 Å². The van der Waals surface area contributed by atoms with Crippen LogP contribution in [-0.4, -0.2) is 31.3 Å². The van der Waals surface area contributed by atoms with Gasteiger partial charge in [0.1, 0.15) is 0 Å². The molecule has 2 rings (SSSR count). The molecule has 0 aliphatic heterocycles. The van der Waals surface area contributed by atoms with Gasteiger partial charge in [-0.15, -0.1) is 0 Å². The van der Waals surface area contributed by atoms with Gasteiger partial charge in [0.05, 0.1) is 6.04 Å². The third kappa shape index (κ3) is 4.69. The molecule has 0 heterocycles. The first-order valence-corrected chi connectivity index (χ1v) is 8.33. The van der Waals surface area contributed by atoms with Crippen LogP contribution in [0.15, 0.2) is 54.1 Å². The zero-order valence-corrected chi connectivity index (χ0v) is 14.2. The average Bonchev–Trinajstić information content (AvgIpc) is 2.63. The lowest BCUT2D eigenvalue weighted by atomic mass is 9.99. The fourth-order valence-electron chi connectivity index (χ4n) is 2.67. The zero-order valence-electron chi connectivity index (χ0n) is 14.2. The van der Waals surface area contributed by atoms with Crippen LogP contribution in [0.4, 0.5) is 5.69 Å². The molecular formula is C20H24N2O2. The molecule has 1 aromatic rings. The Balaban J connectivity index is 1.97. The van der Waals surface area contributed by atoms with Crippen molar-refractivity contribution in [1.82, 2.24) is 5.32 Å². The smallest absolute Gasteiger partial charge is 0.207 e. The van der Waals surface area contributed by atoms with Crippen LogP contribution in [-0.2, 0) is 9.59 Å². The molecule has 1 N–H and O–H groups in total. The Labute approximate surface area is 143 Å². The Morgan fingerprint density at radius 3 is 2.50 bits per heavy atom. The van der Waals surface area contributed by atoms with E-state index in [1.807, 2.05) is 30.4 Å². The Bertz CT molecular complexity index is 653. The number of hydrogen-bond acceptors (Lipinski definition) is 3. The first-order valence-electron chi connectivity index (χ1n) is 8.33. The van der Waals surface area contributed by atoms with Crippen LogP contribution >= 0.6 is 0 Å². The van der Waals surface area contributed by atoms with Crippen LogP contribution in [0.5, 0.6) is 0 Å². The summed E-state index contributed by atoms with van der Waals surface area (Å²) in [7, 11) is 0. The normalized spacial score (nSPS) is 16.8. The minimum absolute atomic E-state index is 0.0179. The van der Waals surface area contributed by atoms with Gasteiger partial charge in [-0.2, -0.15) is 0 Å². The molecule has 0 bridgehead atoms. The molecule has 24 heavy (non-hydrogen) atoms. The summed E-state index contributed by atoms with van der Waals surface area (Å²) < 4.78 is 0. The van der Waals surface area contributed by atoms with Crippen molar-refractivity contribution < 1.29 is 9.59 Å². The summed E-state index contributed by atoms with van der Waals surface area (Å²) in [6.45, 7) is 6.22. The van der Waals surface area contributed by atoms with Gasteiger partial charge in [-0.05, 0) is 44.0 Å². The molecule has 0 aromatic heterocycles. The molecule has 0 radical (unpaired) electrons. The van der Waals surface area contributed by atoms with Crippen molar-refractivity contribution in [2.45, 2.75) is 26.3 Å². The molecule has 1 atom stereocenters. The maximum atomic E-state index is 12.2. The Kier molecular flexibility index (Phi) is 6.55. The van der Waals surface area contributed by atoms with E-state index in [0.29, 0.717) is 18.4 Å². The van der Waals surface area contributed by atoms with E-state index in [4.69, 9.17) is 0 Å². The summed E-state index contributed by atoms with van der Waals surface area (Å²) in [4.78, 5) is 24.9. The highest BCUT2D eigenvalue weighted by atomic mass is 16.1. The van der Waals surface area contributed by atoms with Crippen molar-refractivity contribution in [2.75, 3.05) is 18.0 Å². The van der Waals surface area contributed by atoms with Gasteiger partial charge >= 0.3 is 0 Å². The SMILES string of the molecule is CCN(CC)c1ccc(C=CC(=O)C2=CCC(NC=O)C=C2)cc1. The Hall–Kier alpha value is -2.62. The molecular weight excluding hydrogens is 300 g/mol. The zero-order chi connectivity index (χ0) is 17.4. The van der Waals surface area contributed by atoms with Crippen LogP contribution in [0.3, 0.4) is 0 Å². The van der Waals surface area contributed by atoms with E-state index in [1.54, 1.807) is 12.2 Å². The second-order valence-electron chi connectivity index (χ2n) is 5.61. The molecule has 0 saturated carbocycles. The Morgan fingerprint density at radius 1 is 1.25 bits per heavy atom. The quantitative estimate of drug-likeness (QED) is 0.590. The van der Waals surface area contributed by atoms with Crippen LogP contribution < -0.4 is 10.2 Å². The number of anilines is 1. The summed E-state index contributed by atoms with van der Waals surface area (Å²) >= 11 is 0. The minimum Gasteiger partial charge on any atom is -0.372 e. The first kappa shape index (κ1) is 17.7. The van der Waals surface area contributed by atoms with Crippen LogP contribution in [0.25, 0.3) is 6.08 Å². The number of amides is 1. The number of rotatable bonds is 8. The topological polar surface area (TPSA) is 49.4 Å². The average molecular weight is 324 g/mol. The monoisotopic (exact) mass is 324 g/mol. The molecule has 1 amide bonds. The predicted molar refractivity (Wildman–Crippen MR) is 98.9 cm³/mol. The van der Waals surface area contributed by atoms with Gasteiger partial charge in [0.2, 0.25) is 6.41 Å². The van der Waals surface area contributed by atoms with Gasteiger partial charge in [0.15, 0.2) is 5.78 Å². The number of nitrogens with zero attached hydrogens (tertiary/aromatic N) is 1. The number of carbonyl (C=O) groups excluding carboxylic acids is 2.